The molecule has 1 saturated carbocycles. The summed E-state index contributed by atoms with van der Waals surface area (Å²) in [7, 11) is 0. The van der Waals surface area contributed by atoms with Gasteiger partial charge in [0.25, 0.3) is 0 Å². The molecule has 0 saturated heterocycles. The Kier molecular flexibility index (Phi) is 6.45. The Morgan fingerprint density at radius 1 is 1.27 bits per heavy atom. The molecule has 0 spiro atoms. The van der Waals surface area contributed by atoms with E-state index in [1.54, 1.807) is 0 Å². The quantitative estimate of drug-likeness (QED) is 0.653. The highest BCUT2D eigenvalue weighted by atomic mass is 32.2. The van der Waals surface area contributed by atoms with Gasteiger partial charge in [-0.3, -0.25) is 10.1 Å². The van der Waals surface area contributed by atoms with Crippen LogP contribution < -0.4 is 16.0 Å². The second-order valence-corrected chi connectivity index (χ2v) is 8.36. The molecule has 3 amide bonds. The number of rotatable bonds is 6. The van der Waals surface area contributed by atoms with E-state index in [-0.39, 0.29) is 17.7 Å². The van der Waals surface area contributed by atoms with Crippen molar-refractivity contribution in [2.45, 2.75) is 43.0 Å². The summed E-state index contributed by atoms with van der Waals surface area (Å²) in [6, 6.07) is 7.74. The lowest BCUT2D eigenvalue weighted by Gasteiger charge is -2.11. The maximum atomic E-state index is 11.9. The van der Waals surface area contributed by atoms with Crippen molar-refractivity contribution in [2.24, 2.45) is 0 Å². The van der Waals surface area contributed by atoms with Crippen molar-refractivity contribution in [1.82, 2.24) is 20.8 Å². The molecule has 9 heteroatoms. The van der Waals surface area contributed by atoms with Gasteiger partial charge in [0.05, 0.1) is 5.75 Å². The Bertz CT molecular complexity index is 774. The van der Waals surface area contributed by atoms with Crippen molar-refractivity contribution < 1.29 is 9.59 Å². The van der Waals surface area contributed by atoms with E-state index < -0.39 is 6.03 Å². The first-order valence-electron chi connectivity index (χ1n) is 8.49. The van der Waals surface area contributed by atoms with Crippen LogP contribution in [0.25, 0.3) is 0 Å². The van der Waals surface area contributed by atoms with Gasteiger partial charge < -0.3 is 10.6 Å². The van der Waals surface area contributed by atoms with E-state index in [0.29, 0.717) is 9.47 Å². The zero-order valence-electron chi connectivity index (χ0n) is 14.4. The number of benzene rings is 1. The van der Waals surface area contributed by atoms with Crippen molar-refractivity contribution in [3.8, 4) is 0 Å². The molecular formula is C17H21N5O2S2. The van der Waals surface area contributed by atoms with Crippen LogP contribution in [0.15, 0.2) is 28.6 Å². The number of nitrogens with zero attached hydrogens (tertiary/aromatic N) is 2. The monoisotopic (exact) mass is 391 g/mol. The van der Waals surface area contributed by atoms with Crippen LogP contribution in [0.5, 0.6) is 0 Å². The fraction of sp³-hybridized carbons (Fsp3) is 0.412. The summed E-state index contributed by atoms with van der Waals surface area (Å²) in [5.41, 5.74) is 2.10. The predicted molar refractivity (Wildman–Crippen MR) is 104 cm³/mol. The molecule has 3 rings (SSSR count). The molecule has 1 aromatic heterocycles. The number of hydrogen-bond donors (Lipinski definition) is 3. The third-order valence-electron chi connectivity index (χ3n) is 3.95. The predicted octanol–water partition coefficient (Wildman–Crippen LogP) is 3.45. The lowest BCUT2D eigenvalue weighted by molar-refractivity contribution is -0.117. The molecule has 138 valence electrons. The van der Waals surface area contributed by atoms with E-state index in [4.69, 9.17) is 0 Å². The molecule has 1 aliphatic carbocycles. The number of thioether (sulfide) groups is 1. The lowest BCUT2D eigenvalue weighted by atomic mass is 10.2. The first-order valence-corrected chi connectivity index (χ1v) is 10.3. The number of aryl methyl sites for hydroxylation is 1. The summed E-state index contributed by atoms with van der Waals surface area (Å²) in [5, 5.41) is 17.2. The van der Waals surface area contributed by atoms with E-state index in [1.807, 2.05) is 31.2 Å². The number of urea groups is 1. The van der Waals surface area contributed by atoms with E-state index in [9.17, 15) is 9.59 Å². The zero-order valence-corrected chi connectivity index (χ0v) is 16.1. The number of hydrogen-bond acceptors (Lipinski definition) is 7. The minimum Gasteiger partial charge on any atom is -0.335 e. The number of nitrogens with one attached hydrogen (secondary N) is 3. The Labute approximate surface area is 160 Å². The van der Waals surface area contributed by atoms with Gasteiger partial charge >= 0.3 is 6.03 Å². The van der Waals surface area contributed by atoms with Gasteiger partial charge in [-0.05, 0) is 37.5 Å². The summed E-state index contributed by atoms with van der Waals surface area (Å²) >= 11 is 2.63. The van der Waals surface area contributed by atoms with Gasteiger partial charge in [-0.15, -0.1) is 10.2 Å². The number of carbonyl (C=O) groups excluding carboxylic acids is 2. The number of carbonyl (C=O) groups is 2. The van der Waals surface area contributed by atoms with Crippen LogP contribution >= 0.6 is 23.1 Å². The van der Waals surface area contributed by atoms with Crippen LogP contribution in [0.4, 0.5) is 15.6 Å². The fourth-order valence-corrected chi connectivity index (χ4v) is 4.32. The van der Waals surface area contributed by atoms with Gasteiger partial charge in [-0.25, -0.2) is 4.79 Å². The van der Waals surface area contributed by atoms with Gasteiger partial charge in [0.15, 0.2) is 4.34 Å². The van der Waals surface area contributed by atoms with Crippen molar-refractivity contribution >= 4 is 45.9 Å². The fourth-order valence-electron chi connectivity index (χ4n) is 2.75. The maximum absolute atomic E-state index is 11.9. The van der Waals surface area contributed by atoms with E-state index >= 15 is 0 Å². The number of aromatic nitrogens is 2. The van der Waals surface area contributed by atoms with Crippen LogP contribution in [0.1, 0.15) is 31.2 Å². The van der Waals surface area contributed by atoms with Crippen molar-refractivity contribution in [3.05, 3.63) is 29.8 Å². The van der Waals surface area contributed by atoms with Gasteiger partial charge in [0.2, 0.25) is 11.0 Å². The number of imide groups is 1. The van der Waals surface area contributed by atoms with Gasteiger partial charge in [-0.1, -0.05) is 48.1 Å². The molecule has 0 atom stereocenters. The molecule has 3 N–H and O–H groups in total. The van der Waals surface area contributed by atoms with Crippen molar-refractivity contribution in [1.29, 1.82) is 0 Å². The molecule has 0 radical (unpaired) electrons. The first-order chi connectivity index (χ1) is 12.6. The highest BCUT2D eigenvalue weighted by Gasteiger charge is 2.18. The first kappa shape index (κ1) is 18.7. The van der Waals surface area contributed by atoms with Gasteiger partial charge in [0.1, 0.15) is 0 Å². The SMILES string of the molecule is Cc1cccc(Nc2nnc(SCC(=O)NC(=O)NC3CCCC3)s2)c1. The van der Waals surface area contributed by atoms with Crippen LogP contribution in [0, 0.1) is 6.92 Å². The average Bonchev–Trinajstić information content (AvgIpc) is 3.25. The van der Waals surface area contributed by atoms with E-state index in [0.717, 1.165) is 36.9 Å². The van der Waals surface area contributed by atoms with Gasteiger partial charge in [-0.2, -0.15) is 0 Å². The number of anilines is 2. The second kappa shape index (κ2) is 9.00. The maximum Gasteiger partial charge on any atom is 0.321 e. The highest BCUT2D eigenvalue weighted by Crippen LogP contribution is 2.27. The van der Waals surface area contributed by atoms with Gasteiger partial charge in [0, 0.05) is 11.7 Å². The Morgan fingerprint density at radius 3 is 2.85 bits per heavy atom. The van der Waals surface area contributed by atoms with Crippen molar-refractivity contribution in [2.75, 3.05) is 11.1 Å². The number of amides is 3. The summed E-state index contributed by atoms with van der Waals surface area (Å²) in [5.74, 6) is -0.217. The standard InChI is InChI=1S/C17H21N5O2S2/c1-11-5-4-8-13(9-11)19-16-21-22-17(26-16)25-10-14(23)20-15(24)18-12-6-2-3-7-12/h4-5,8-9,12H,2-3,6-7,10H2,1H3,(H,19,21)(H2,18,20,23,24). The Morgan fingerprint density at radius 2 is 2.08 bits per heavy atom. The van der Waals surface area contributed by atoms with Crippen molar-refractivity contribution in [3.63, 3.8) is 0 Å². The summed E-state index contributed by atoms with van der Waals surface area (Å²) in [4.78, 5) is 23.7. The average molecular weight is 392 g/mol. The van der Waals surface area contributed by atoms with Crippen LogP contribution in [0.3, 0.4) is 0 Å². The molecular weight excluding hydrogens is 370 g/mol. The summed E-state index contributed by atoms with van der Waals surface area (Å²) in [6.07, 6.45) is 4.23. The molecule has 7 nitrogen and oxygen atoms in total. The molecule has 1 fully saturated rings. The van der Waals surface area contributed by atoms with Crippen LogP contribution in [-0.2, 0) is 4.79 Å². The molecule has 0 aliphatic heterocycles. The molecule has 1 aliphatic rings. The smallest absolute Gasteiger partial charge is 0.321 e. The Balaban J connectivity index is 1.42. The molecule has 1 aromatic carbocycles. The molecule has 0 unspecified atom stereocenters. The topological polar surface area (TPSA) is 96.0 Å². The minimum atomic E-state index is -0.415. The normalized spacial score (nSPS) is 14.2. The van der Waals surface area contributed by atoms with E-state index in [1.165, 1.54) is 23.1 Å². The highest BCUT2D eigenvalue weighted by molar-refractivity contribution is 8.01. The van der Waals surface area contributed by atoms with Crippen LogP contribution in [-0.4, -0.2) is 33.9 Å². The summed E-state index contributed by atoms with van der Waals surface area (Å²) < 4.78 is 0.673. The largest absolute Gasteiger partial charge is 0.335 e. The molecule has 0 bridgehead atoms. The Hall–Kier alpha value is -2.13. The minimum absolute atomic E-state index is 0.122. The summed E-state index contributed by atoms with van der Waals surface area (Å²) in [6.45, 7) is 2.02. The second-order valence-electron chi connectivity index (χ2n) is 6.16. The van der Waals surface area contributed by atoms with Crippen LogP contribution in [0.2, 0.25) is 0 Å². The molecule has 1 heterocycles. The lowest BCUT2D eigenvalue weighted by Crippen LogP contribution is -2.44. The molecule has 26 heavy (non-hydrogen) atoms. The third-order valence-corrected chi connectivity index (χ3v) is 5.92. The zero-order chi connectivity index (χ0) is 18.4. The van der Waals surface area contributed by atoms with E-state index in [2.05, 4.69) is 26.1 Å². The third kappa shape index (κ3) is 5.70. The molecule has 2 aromatic rings.